The number of hydrogen-bond donors (Lipinski definition) is 2. The molecule has 5 atom stereocenters. The highest BCUT2D eigenvalue weighted by Crippen LogP contribution is 2.69. The van der Waals surface area contributed by atoms with Crippen molar-refractivity contribution in [2.24, 2.45) is 41.2 Å². The molecule has 4 aliphatic carbocycles. The molecule has 4 saturated carbocycles. The fourth-order valence-electron chi connectivity index (χ4n) is 5.86. The maximum Gasteiger partial charge on any atom is 0.223 e. The van der Waals surface area contributed by atoms with Crippen LogP contribution in [-0.4, -0.2) is 18.5 Å². The number of nitrogens with one attached hydrogen (secondary N) is 1. The topological polar surface area (TPSA) is 55.1 Å². The predicted molar refractivity (Wildman–Crippen MR) is 86.1 cm³/mol. The average Bonchev–Trinajstić information content (AvgIpc) is 2.94. The molecule has 4 fully saturated rings. The molecular formula is C17H29ClN2O. The van der Waals surface area contributed by atoms with Crippen LogP contribution in [-0.2, 0) is 4.79 Å². The largest absolute Gasteiger partial charge is 0.352 e. The number of halogens is 1. The molecule has 4 rings (SSSR count). The highest BCUT2D eigenvalue weighted by atomic mass is 35.5. The smallest absolute Gasteiger partial charge is 0.223 e. The summed E-state index contributed by atoms with van der Waals surface area (Å²) in [5.41, 5.74) is 5.94. The van der Waals surface area contributed by atoms with Crippen molar-refractivity contribution >= 4 is 18.3 Å². The number of hydrogen-bond acceptors (Lipinski definition) is 2. The first kappa shape index (κ1) is 15.6. The highest BCUT2D eigenvalue weighted by Gasteiger charge is 2.67. The van der Waals surface area contributed by atoms with Crippen LogP contribution in [0.15, 0.2) is 0 Å². The van der Waals surface area contributed by atoms with Gasteiger partial charge in [-0.15, -0.1) is 12.4 Å². The molecular weight excluding hydrogens is 284 g/mol. The van der Waals surface area contributed by atoms with Crippen LogP contribution < -0.4 is 11.1 Å². The lowest BCUT2D eigenvalue weighted by Gasteiger charge is -2.30. The summed E-state index contributed by atoms with van der Waals surface area (Å²) in [4.78, 5) is 12.6. The number of amides is 1. The number of nitrogens with two attached hydrogens (primary N) is 1. The lowest BCUT2D eigenvalue weighted by molar-refractivity contribution is -0.124. The standard InChI is InChI=1S/C17H28N2O.ClH/c18-9-13(10-4-2-1-3-5-10)19-17(20)16-14-11-6-7-12(8-11)15(14)16;/h10-16H,1-9,18H2,(H,19,20);1H. The third kappa shape index (κ3) is 2.61. The molecule has 3 nitrogen and oxygen atoms in total. The van der Waals surface area contributed by atoms with Crippen molar-refractivity contribution in [3.8, 4) is 0 Å². The molecule has 0 spiro atoms. The van der Waals surface area contributed by atoms with E-state index in [4.69, 9.17) is 5.73 Å². The van der Waals surface area contributed by atoms with E-state index in [0.717, 1.165) is 23.7 Å². The maximum absolute atomic E-state index is 12.6. The van der Waals surface area contributed by atoms with Crippen LogP contribution in [0.25, 0.3) is 0 Å². The molecule has 4 aliphatic rings. The molecule has 4 heteroatoms. The van der Waals surface area contributed by atoms with Gasteiger partial charge in [0, 0.05) is 18.5 Å². The Hall–Kier alpha value is -0.280. The van der Waals surface area contributed by atoms with E-state index in [2.05, 4.69) is 5.32 Å². The third-order valence-corrected chi connectivity index (χ3v) is 6.84. The molecule has 3 N–H and O–H groups in total. The van der Waals surface area contributed by atoms with Crippen LogP contribution in [0.3, 0.4) is 0 Å². The Morgan fingerprint density at radius 1 is 1.05 bits per heavy atom. The molecule has 2 bridgehead atoms. The fourth-order valence-corrected chi connectivity index (χ4v) is 5.86. The molecule has 0 aromatic rings. The van der Waals surface area contributed by atoms with Gasteiger partial charge >= 0.3 is 0 Å². The van der Waals surface area contributed by atoms with Gasteiger partial charge in [0.2, 0.25) is 5.91 Å². The molecule has 0 aromatic heterocycles. The van der Waals surface area contributed by atoms with Gasteiger partial charge in [-0.2, -0.15) is 0 Å². The number of carbonyl (C=O) groups is 1. The van der Waals surface area contributed by atoms with Crippen LogP contribution in [0.2, 0.25) is 0 Å². The SMILES string of the molecule is Cl.NCC(NC(=O)C1C2C3CCC(C3)C12)C1CCCCC1. The molecule has 0 radical (unpaired) electrons. The summed E-state index contributed by atoms with van der Waals surface area (Å²) < 4.78 is 0. The van der Waals surface area contributed by atoms with E-state index < -0.39 is 0 Å². The second-order valence-corrected chi connectivity index (χ2v) is 7.76. The minimum atomic E-state index is 0. The molecule has 120 valence electrons. The van der Waals surface area contributed by atoms with Gasteiger partial charge < -0.3 is 11.1 Å². The van der Waals surface area contributed by atoms with Crippen molar-refractivity contribution in [3.63, 3.8) is 0 Å². The lowest BCUT2D eigenvalue weighted by Crippen LogP contribution is -2.47. The Kier molecular flexibility index (Phi) is 4.52. The van der Waals surface area contributed by atoms with Crippen LogP contribution in [0.1, 0.15) is 51.4 Å². The summed E-state index contributed by atoms with van der Waals surface area (Å²) in [5, 5.41) is 3.33. The van der Waals surface area contributed by atoms with E-state index >= 15 is 0 Å². The minimum absolute atomic E-state index is 0. The lowest BCUT2D eigenvalue weighted by atomic mass is 9.83. The summed E-state index contributed by atoms with van der Waals surface area (Å²) >= 11 is 0. The van der Waals surface area contributed by atoms with E-state index in [1.165, 1.54) is 51.4 Å². The first-order chi connectivity index (χ1) is 9.79. The number of rotatable bonds is 4. The first-order valence-electron chi connectivity index (χ1n) is 8.80. The number of fused-ring (bicyclic) bond motifs is 5. The molecule has 21 heavy (non-hydrogen) atoms. The van der Waals surface area contributed by atoms with E-state index in [1.807, 2.05) is 0 Å². The van der Waals surface area contributed by atoms with Crippen molar-refractivity contribution in [1.82, 2.24) is 5.32 Å². The molecule has 0 aromatic carbocycles. The average molecular weight is 313 g/mol. The third-order valence-electron chi connectivity index (χ3n) is 6.84. The minimum Gasteiger partial charge on any atom is -0.352 e. The van der Waals surface area contributed by atoms with E-state index in [0.29, 0.717) is 24.3 Å². The zero-order valence-corrected chi connectivity index (χ0v) is 13.6. The van der Waals surface area contributed by atoms with Gasteiger partial charge in [-0.1, -0.05) is 19.3 Å². The zero-order chi connectivity index (χ0) is 13.7. The van der Waals surface area contributed by atoms with Crippen molar-refractivity contribution < 1.29 is 4.79 Å². The summed E-state index contributed by atoms with van der Waals surface area (Å²) in [5.74, 6) is 4.60. The predicted octanol–water partition coefficient (Wildman–Crippen LogP) is 2.72. The maximum atomic E-state index is 12.6. The van der Waals surface area contributed by atoms with Crippen LogP contribution >= 0.6 is 12.4 Å². The summed E-state index contributed by atoms with van der Waals surface area (Å²) in [6.07, 6.45) is 10.7. The van der Waals surface area contributed by atoms with Crippen molar-refractivity contribution in [3.05, 3.63) is 0 Å². The molecule has 0 heterocycles. The summed E-state index contributed by atoms with van der Waals surface area (Å²) in [6, 6.07) is 0.238. The van der Waals surface area contributed by atoms with Crippen molar-refractivity contribution in [2.45, 2.75) is 57.4 Å². The Labute approximate surface area is 134 Å². The van der Waals surface area contributed by atoms with Gasteiger partial charge in [-0.05, 0) is 61.7 Å². The molecule has 1 amide bonds. The normalized spacial score (nSPS) is 42.0. The van der Waals surface area contributed by atoms with Gasteiger partial charge in [0.05, 0.1) is 0 Å². The van der Waals surface area contributed by atoms with Gasteiger partial charge in [0.15, 0.2) is 0 Å². The van der Waals surface area contributed by atoms with Crippen molar-refractivity contribution in [1.29, 1.82) is 0 Å². The Morgan fingerprint density at radius 2 is 1.67 bits per heavy atom. The van der Waals surface area contributed by atoms with E-state index in [1.54, 1.807) is 0 Å². The Bertz CT molecular complexity index is 380. The van der Waals surface area contributed by atoms with Crippen molar-refractivity contribution in [2.75, 3.05) is 6.54 Å². The van der Waals surface area contributed by atoms with Gasteiger partial charge in [-0.3, -0.25) is 4.79 Å². The zero-order valence-electron chi connectivity index (χ0n) is 12.8. The molecule has 0 aliphatic heterocycles. The second kappa shape index (κ2) is 6.08. The van der Waals surface area contributed by atoms with Crippen LogP contribution in [0, 0.1) is 35.5 Å². The van der Waals surface area contributed by atoms with E-state index in [9.17, 15) is 4.79 Å². The molecule has 5 unspecified atom stereocenters. The van der Waals surface area contributed by atoms with Crippen LogP contribution in [0.5, 0.6) is 0 Å². The van der Waals surface area contributed by atoms with Gasteiger partial charge in [-0.25, -0.2) is 0 Å². The fraction of sp³-hybridized carbons (Fsp3) is 0.941. The Morgan fingerprint density at radius 3 is 2.24 bits per heavy atom. The molecule has 0 saturated heterocycles. The van der Waals surface area contributed by atoms with Crippen LogP contribution in [0.4, 0.5) is 0 Å². The summed E-state index contributed by atoms with van der Waals surface area (Å²) in [6.45, 7) is 0.616. The monoisotopic (exact) mass is 312 g/mol. The van der Waals surface area contributed by atoms with Gasteiger partial charge in [0.1, 0.15) is 0 Å². The summed E-state index contributed by atoms with van der Waals surface area (Å²) in [7, 11) is 0. The number of carbonyl (C=O) groups excluding carboxylic acids is 1. The van der Waals surface area contributed by atoms with Gasteiger partial charge in [0.25, 0.3) is 0 Å². The Balaban J connectivity index is 0.00000132. The van der Waals surface area contributed by atoms with E-state index in [-0.39, 0.29) is 18.4 Å². The first-order valence-corrected chi connectivity index (χ1v) is 8.80. The highest BCUT2D eigenvalue weighted by molar-refractivity contribution is 5.85. The second-order valence-electron chi connectivity index (χ2n) is 7.76. The quantitative estimate of drug-likeness (QED) is 0.838.